The van der Waals surface area contributed by atoms with Crippen molar-refractivity contribution in [3.63, 3.8) is 0 Å². The molecule has 2 heterocycles. The van der Waals surface area contributed by atoms with Gasteiger partial charge in [-0.25, -0.2) is 8.78 Å². The summed E-state index contributed by atoms with van der Waals surface area (Å²) in [4.78, 5) is 12.1. The summed E-state index contributed by atoms with van der Waals surface area (Å²) < 4.78 is 43.7. The van der Waals surface area contributed by atoms with Gasteiger partial charge in [0, 0.05) is 21.3 Å². The number of carbonyl (C=O) groups is 1. The van der Waals surface area contributed by atoms with Crippen LogP contribution in [0.25, 0.3) is 0 Å². The van der Waals surface area contributed by atoms with Crippen LogP contribution < -0.4 is 0 Å². The standard InChI is InChI=1S/C15H16F2O3S/c1-20-15(18)14-10(7-9-3-5-13(14)21(9)19)8-2-4-11(16)12(17)6-8/h2,4,6,9-10,13-14H,3,5,7H2,1H3/t9?,10-,13?,14-,21?/m0/s1. The minimum absolute atomic E-state index is 0.0361. The molecule has 21 heavy (non-hydrogen) atoms. The number of carbonyl (C=O) groups excluding carboxylic acids is 1. The summed E-state index contributed by atoms with van der Waals surface area (Å²) in [5.41, 5.74) is 0.581. The Hall–Kier alpha value is -1.30. The number of rotatable bonds is 2. The Morgan fingerprint density at radius 3 is 2.71 bits per heavy atom. The summed E-state index contributed by atoms with van der Waals surface area (Å²) in [5, 5.41) is -0.205. The molecule has 0 N–H and O–H groups in total. The molecule has 0 amide bonds. The molecule has 6 heteroatoms. The van der Waals surface area contributed by atoms with E-state index in [-0.39, 0.29) is 16.4 Å². The lowest BCUT2D eigenvalue weighted by atomic mass is 9.81. The van der Waals surface area contributed by atoms with Crippen LogP contribution in [-0.2, 0) is 20.3 Å². The van der Waals surface area contributed by atoms with Crippen LogP contribution in [0.1, 0.15) is 30.7 Å². The number of benzene rings is 1. The highest BCUT2D eigenvalue weighted by Gasteiger charge is 2.51. The van der Waals surface area contributed by atoms with Gasteiger partial charge in [0.05, 0.1) is 13.0 Å². The van der Waals surface area contributed by atoms with Crippen LogP contribution in [0.5, 0.6) is 0 Å². The van der Waals surface area contributed by atoms with Gasteiger partial charge in [-0.15, -0.1) is 0 Å². The van der Waals surface area contributed by atoms with Gasteiger partial charge in [0.1, 0.15) is 0 Å². The zero-order chi connectivity index (χ0) is 15.1. The Bertz CT molecular complexity index is 605. The summed E-state index contributed by atoms with van der Waals surface area (Å²) in [7, 11) is 0.256. The molecule has 3 unspecified atom stereocenters. The highest BCUT2D eigenvalue weighted by molar-refractivity contribution is 7.86. The summed E-state index contributed by atoms with van der Waals surface area (Å²) in [6.45, 7) is 0. The predicted octanol–water partition coefficient (Wildman–Crippen LogP) is 2.52. The molecular weight excluding hydrogens is 298 g/mol. The molecule has 114 valence electrons. The topological polar surface area (TPSA) is 43.4 Å². The Morgan fingerprint density at radius 1 is 1.29 bits per heavy atom. The number of fused-ring (bicyclic) bond motifs is 2. The Balaban J connectivity index is 2.00. The number of halogens is 2. The quantitative estimate of drug-likeness (QED) is 0.788. The van der Waals surface area contributed by atoms with Crippen molar-refractivity contribution in [1.29, 1.82) is 0 Å². The number of hydrogen-bond donors (Lipinski definition) is 0. The van der Waals surface area contributed by atoms with Gasteiger partial charge in [0.25, 0.3) is 0 Å². The highest BCUT2D eigenvalue weighted by Crippen LogP contribution is 2.47. The lowest BCUT2D eigenvalue weighted by molar-refractivity contribution is -0.146. The first-order valence-corrected chi connectivity index (χ1v) is 8.22. The van der Waals surface area contributed by atoms with E-state index in [0.717, 1.165) is 25.0 Å². The van der Waals surface area contributed by atoms with Crippen molar-refractivity contribution in [1.82, 2.24) is 0 Å². The average molecular weight is 314 g/mol. The number of esters is 1. The molecule has 1 aromatic rings. The van der Waals surface area contributed by atoms with Crippen LogP contribution >= 0.6 is 0 Å². The van der Waals surface area contributed by atoms with Gasteiger partial charge < -0.3 is 4.74 Å². The van der Waals surface area contributed by atoms with E-state index < -0.39 is 34.3 Å². The normalized spacial score (nSPS) is 34.7. The molecule has 0 aromatic heterocycles. The largest absolute Gasteiger partial charge is 0.469 e. The Kier molecular flexibility index (Phi) is 3.82. The van der Waals surface area contributed by atoms with Crippen LogP contribution in [-0.4, -0.2) is 27.8 Å². The molecule has 0 radical (unpaired) electrons. The van der Waals surface area contributed by atoms with Crippen molar-refractivity contribution < 1.29 is 22.5 Å². The molecule has 2 aliphatic rings. The van der Waals surface area contributed by atoms with Gasteiger partial charge in [0.15, 0.2) is 11.6 Å². The summed E-state index contributed by atoms with van der Waals surface area (Å²) >= 11 is 0. The number of hydrogen-bond acceptors (Lipinski definition) is 3. The third kappa shape index (κ3) is 2.39. The maximum Gasteiger partial charge on any atom is 0.310 e. The summed E-state index contributed by atoms with van der Waals surface area (Å²) in [6, 6.07) is 3.73. The van der Waals surface area contributed by atoms with Crippen LogP contribution in [0.2, 0.25) is 0 Å². The average Bonchev–Trinajstić information content (AvgIpc) is 2.72. The van der Waals surface area contributed by atoms with Gasteiger partial charge in [-0.2, -0.15) is 0 Å². The SMILES string of the molecule is COC(=O)[C@@H]1C2CCC(C[C@H]1c1ccc(F)c(F)c1)S2=O. The second-order valence-electron chi connectivity index (χ2n) is 5.63. The second-order valence-corrected chi connectivity index (χ2v) is 7.56. The van der Waals surface area contributed by atoms with Crippen LogP contribution in [0.3, 0.4) is 0 Å². The second kappa shape index (κ2) is 5.48. The Labute approximate surface area is 124 Å². The van der Waals surface area contributed by atoms with Crippen molar-refractivity contribution >= 4 is 16.8 Å². The fourth-order valence-corrected chi connectivity index (χ4v) is 5.81. The van der Waals surface area contributed by atoms with E-state index in [4.69, 9.17) is 4.74 Å². The molecular formula is C15H16F2O3S. The molecule has 0 spiro atoms. The zero-order valence-corrected chi connectivity index (χ0v) is 12.4. The number of ether oxygens (including phenoxy) is 1. The molecule has 2 saturated heterocycles. The minimum atomic E-state index is -1.04. The smallest absolute Gasteiger partial charge is 0.310 e. The van der Waals surface area contributed by atoms with E-state index in [9.17, 15) is 17.8 Å². The first-order chi connectivity index (χ1) is 10.0. The van der Waals surface area contributed by atoms with Gasteiger partial charge in [-0.05, 0) is 42.9 Å². The Morgan fingerprint density at radius 2 is 2.05 bits per heavy atom. The van der Waals surface area contributed by atoms with E-state index >= 15 is 0 Å². The molecule has 2 aliphatic heterocycles. The van der Waals surface area contributed by atoms with E-state index in [0.29, 0.717) is 12.0 Å². The van der Waals surface area contributed by atoms with Crippen molar-refractivity contribution in [2.24, 2.45) is 5.92 Å². The van der Waals surface area contributed by atoms with Crippen LogP contribution in [0.15, 0.2) is 18.2 Å². The molecule has 0 saturated carbocycles. The molecule has 1 aromatic carbocycles. The lowest BCUT2D eigenvalue weighted by Crippen LogP contribution is -2.41. The fourth-order valence-electron chi connectivity index (χ4n) is 3.59. The maximum absolute atomic E-state index is 13.5. The fraction of sp³-hybridized carbons (Fsp3) is 0.533. The molecule has 2 bridgehead atoms. The highest BCUT2D eigenvalue weighted by atomic mass is 32.2. The van der Waals surface area contributed by atoms with Crippen LogP contribution in [0, 0.1) is 17.6 Å². The van der Waals surface area contributed by atoms with E-state index in [1.165, 1.54) is 13.2 Å². The predicted molar refractivity (Wildman–Crippen MR) is 74.2 cm³/mol. The zero-order valence-electron chi connectivity index (χ0n) is 11.6. The van der Waals surface area contributed by atoms with Crippen molar-refractivity contribution in [3.05, 3.63) is 35.4 Å². The lowest BCUT2D eigenvalue weighted by Gasteiger charge is -2.34. The first-order valence-electron chi connectivity index (χ1n) is 6.95. The molecule has 3 rings (SSSR count). The van der Waals surface area contributed by atoms with Crippen molar-refractivity contribution in [2.45, 2.75) is 35.7 Å². The monoisotopic (exact) mass is 314 g/mol. The van der Waals surface area contributed by atoms with E-state index in [1.807, 2.05) is 0 Å². The molecule has 2 fully saturated rings. The molecule has 5 atom stereocenters. The van der Waals surface area contributed by atoms with Crippen molar-refractivity contribution in [2.75, 3.05) is 7.11 Å². The first kappa shape index (κ1) is 14.6. The van der Waals surface area contributed by atoms with Gasteiger partial charge in [-0.3, -0.25) is 9.00 Å². The van der Waals surface area contributed by atoms with Gasteiger partial charge in [0.2, 0.25) is 0 Å². The third-order valence-corrected chi connectivity index (χ3v) is 6.81. The summed E-state index contributed by atoms with van der Waals surface area (Å²) in [6.07, 6.45) is 2.08. The minimum Gasteiger partial charge on any atom is -0.469 e. The van der Waals surface area contributed by atoms with Crippen LogP contribution in [0.4, 0.5) is 8.78 Å². The van der Waals surface area contributed by atoms with E-state index in [1.54, 1.807) is 0 Å². The molecule has 3 nitrogen and oxygen atoms in total. The van der Waals surface area contributed by atoms with E-state index in [2.05, 4.69) is 0 Å². The van der Waals surface area contributed by atoms with Gasteiger partial charge in [-0.1, -0.05) is 6.07 Å². The maximum atomic E-state index is 13.5. The van der Waals surface area contributed by atoms with Gasteiger partial charge >= 0.3 is 5.97 Å². The van der Waals surface area contributed by atoms with Crippen molar-refractivity contribution in [3.8, 4) is 0 Å². The summed E-state index contributed by atoms with van der Waals surface area (Å²) in [5.74, 6) is -3.04. The number of methoxy groups -OCH3 is 1. The third-order valence-electron chi connectivity index (χ3n) is 4.60. The molecule has 0 aliphatic carbocycles.